The lowest BCUT2D eigenvalue weighted by atomic mass is 10.2. The van der Waals surface area contributed by atoms with Gasteiger partial charge in [0.1, 0.15) is 5.75 Å². The third-order valence-electron chi connectivity index (χ3n) is 2.52. The SMILES string of the molecule is COc1cccc(N2C(=O)NC(=O)CC2N)c1. The van der Waals surface area contributed by atoms with E-state index in [0.29, 0.717) is 11.4 Å². The first kappa shape index (κ1) is 11.4. The van der Waals surface area contributed by atoms with Gasteiger partial charge in [-0.15, -0.1) is 0 Å². The van der Waals surface area contributed by atoms with Crippen molar-refractivity contribution < 1.29 is 14.3 Å². The molecule has 0 spiro atoms. The van der Waals surface area contributed by atoms with Gasteiger partial charge in [0.2, 0.25) is 5.91 Å². The molecule has 1 heterocycles. The van der Waals surface area contributed by atoms with Crippen LogP contribution in [0.25, 0.3) is 0 Å². The van der Waals surface area contributed by atoms with Gasteiger partial charge in [-0.25, -0.2) is 4.79 Å². The summed E-state index contributed by atoms with van der Waals surface area (Å²) in [6, 6.07) is 6.43. The molecule has 90 valence electrons. The predicted octanol–water partition coefficient (Wildman–Crippen LogP) is 0.426. The Bertz CT molecular complexity index is 461. The van der Waals surface area contributed by atoms with Crippen molar-refractivity contribution in [3.63, 3.8) is 0 Å². The second-order valence-corrected chi connectivity index (χ2v) is 3.70. The van der Waals surface area contributed by atoms with E-state index in [1.807, 2.05) is 0 Å². The Morgan fingerprint density at radius 2 is 2.24 bits per heavy atom. The smallest absolute Gasteiger partial charge is 0.329 e. The van der Waals surface area contributed by atoms with Crippen LogP contribution in [0.3, 0.4) is 0 Å². The molecule has 6 nitrogen and oxygen atoms in total. The Kier molecular flexibility index (Phi) is 2.97. The van der Waals surface area contributed by atoms with Gasteiger partial charge in [-0.3, -0.25) is 15.0 Å². The van der Waals surface area contributed by atoms with Crippen molar-refractivity contribution in [2.45, 2.75) is 12.6 Å². The van der Waals surface area contributed by atoms with Crippen LogP contribution in [0.5, 0.6) is 5.75 Å². The molecule has 6 heteroatoms. The third-order valence-corrected chi connectivity index (χ3v) is 2.52. The van der Waals surface area contributed by atoms with Gasteiger partial charge in [-0.1, -0.05) is 6.07 Å². The van der Waals surface area contributed by atoms with Crippen LogP contribution in [0.15, 0.2) is 24.3 Å². The van der Waals surface area contributed by atoms with Gasteiger partial charge in [0.25, 0.3) is 0 Å². The summed E-state index contributed by atoms with van der Waals surface area (Å²) in [5, 5.41) is 2.22. The summed E-state index contributed by atoms with van der Waals surface area (Å²) >= 11 is 0. The van der Waals surface area contributed by atoms with Gasteiger partial charge in [0.05, 0.1) is 25.4 Å². The number of anilines is 1. The lowest BCUT2D eigenvalue weighted by molar-refractivity contribution is -0.120. The number of nitrogens with one attached hydrogen (secondary N) is 1. The topological polar surface area (TPSA) is 84.7 Å². The number of urea groups is 1. The van der Waals surface area contributed by atoms with Crippen molar-refractivity contribution in [1.82, 2.24) is 5.32 Å². The molecular formula is C11H13N3O3. The number of carbonyl (C=O) groups excluding carboxylic acids is 2. The fourth-order valence-corrected chi connectivity index (χ4v) is 1.73. The van der Waals surface area contributed by atoms with Crippen LogP contribution in [-0.4, -0.2) is 25.2 Å². The van der Waals surface area contributed by atoms with Gasteiger partial charge in [-0.2, -0.15) is 0 Å². The first-order valence-corrected chi connectivity index (χ1v) is 5.14. The number of nitrogens with two attached hydrogens (primary N) is 1. The normalized spacial score (nSPS) is 20.1. The molecule has 1 aliphatic rings. The maximum absolute atomic E-state index is 11.7. The molecule has 1 aromatic carbocycles. The number of imide groups is 1. The summed E-state index contributed by atoms with van der Waals surface area (Å²) in [4.78, 5) is 24.1. The Morgan fingerprint density at radius 1 is 1.47 bits per heavy atom. The molecule has 1 aliphatic heterocycles. The Morgan fingerprint density at radius 3 is 2.88 bits per heavy atom. The standard InChI is InChI=1S/C11H13N3O3/c1-17-8-4-2-3-7(5-8)14-9(12)6-10(15)13-11(14)16/h2-5,9H,6,12H2,1H3,(H,13,15,16). The summed E-state index contributed by atoms with van der Waals surface area (Å²) < 4.78 is 5.07. The van der Waals surface area contributed by atoms with Gasteiger partial charge >= 0.3 is 6.03 Å². The molecule has 0 bridgehead atoms. The molecule has 0 aromatic heterocycles. The van der Waals surface area contributed by atoms with Crippen molar-refractivity contribution in [2.24, 2.45) is 5.73 Å². The first-order chi connectivity index (χ1) is 8.11. The lowest BCUT2D eigenvalue weighted by Crippen LogP contribution is -2.58. The van der Waals surface area contributed by atoms with Gasteiger partial charge in [0, 0.05) is 6.07 Å². The average Bonchev–Trinajstić information content (AvgIpc) is 2.28. The van der Waals surface area contributed by atoms with E-state index in [-0.39, 0.29) is 12.3 Å². The second kappa shape index (κ2) is 4.42. The Balaban J connectivity index is 2.31. The molecule has 17 heavy (non-hydrogen) atoms. The lowest BCUT2D eigenvalue weighted by Gasteiger charge is -2.32. The molecule has 1 aromatic rings. The molecule has 0 aliphatic carbocycles. The van der Waals surface area contributed by atoms with E-state index in [0.717, 1.165) is 0 Å². The van der Waals surface area contributed by atoms with Gasteiger partial charge in [0.15, 0.2) is 0 Å². The third kappa shape index (κ3) is 2.21. The minimum absolute atomic E-state index is 0.0863. The largest absolute Gasteiger partial charge is 0.497 e. The second-order valence-electron chi connectivity index (χ2n) is 3.70. The van der Waals surface area contributed by atoms with Gasteiger partial charge in [-0.05, 0) is 12.1 Å². The summed E-state index contributed by atoms with van der Waals surface area (Å²) in [6.07, 6.45) is -0.563. The summed E-state index contributed by atoms with van der Waals surface area (Å²) in [7, 11) is 1.54. The van der Waals surface area contributed by atoms with E-state index in [9.17, 15) is 9.59 Å². The van der Waals surface area contributed by atoms with Crippen LogP contribution < -0.4 is 20.7 Å². The number of ether oxygens (including phenoxy) is 1. The summed E-state index contributed by atoms with van der Waals surface area (Å²) in [5.41, 5.74) is 6.39. The molecular weight excluding hydrogens is 222 g/mol. The van der Waals surface area contributed by atoms with Crippen LogP contribution in [0.2, 0.25) is 0 Å². The molecule has 1 unspecified atom stereocenters. The maximum Gasteiger partial charge on any atom is 0.329 e. The van der Waals surface area contributed by atoms with Crippen LogP contribution in [0.1, 0.15) is 6.42 Å². The Hall–Kier alpha value is -2.08. The molecule has 0 saturated carbocycles. The number of amides is 3. The van der Waals surface area contributed by atoms with Gasteiger partial charge < -0.3 is 10.5 Å². The minimum Gasteiger partial charge on any atom is -0.497 e. The fourth-order valence-electron chi connectivity index (χ4n) is 1.73. The highest BCUT2D eigenvalue weighted by atomic mass is 16.5. The molecule has 3 N–H and O–H groups in total. The minimum atomic E-state index is -0.650. The average molecular weight is 235 g/mol. The van der Waals surface area contributed by atoms with Crippen LogP contribution >= 0.6 is 0 Å². The number of nitrogens with zero attached hydrogens (tertiary/aromatic N) is 1. The molecule has 1 saturated heterocycles. The maximum atomic E-state index is 11.7. The number of benzene rings is 1. The van der Waals surface area contributed by atoms with Crippen molar-refractivity contribution in [3.8, 4) is 5.75 Å². The van der Waals surface area contributed by atoms with E-state index in [1.54, 1.807) is 31.4 Å². The van der Waals surface area contributed by atoms with E-state index < -0.39 is 12.2 Å². The van der Waals surface area contributed by atoms with Crippen LogP contribution in [0.4, 0.5) is 10.5 Å². The molecule has 1 fully saturated rings. The highest BCUT2D eigenvalue weighted by Gasteiger charge is 2.31. The predicted molar refractivity (Wildman–Crippen MR) is 61.6 cm³/mol. The van der Waals surface area contributed by atoms with Crippen LogP contribution in [0, 0.1) is 0 Å². The zero-order valence-corrected chi connectivity index (χ0v) is 9.34. The number of rotatable bonds is 2. The first-order valence-electron chi connectivity index (χ1n) is 5.14. The molecule has 0 radical (unpaired) electrons. The van der Waals surface area contributed by atoms with E-state index in [1.165, 1.54) is 4.90 Å². The quantitative estimate of drug-likeness (QED) is 0.778. The zero-order chi connectivity index (χ0) is 12.4. The van der Waals surface area contributed by atoms with Crippen molar-refractivity contribution >= 4 is 17.6 Å². The summed E-state index contributed by atoms with van der Waals surface area (Å²) in [5.74, 6) is 0.265. The highest BCUT2D eigenvalue weighted by Crippen LogP contribution is 2.23. The molecule has 3 amide bonds. The number of hydrogen-bond acceptors (Lipinski definition) is 4. The van der Waals surface area contributed by atoms with E-state index in [4.69, 9.17) is 10.5 Å². The van der Waals surface area contributed by atoms with Crippen molar-refractivity contribution in [2.75, 3.05) is 12.0 Å². The molecule has 2 rings (SSSR count). The van der Waals surface area contributed by atoms with Crippen molar-refractivity contribution in [1.29, 1.82) is 0 Å². The fraction of sp³-hybridized carbons (Fsp3) is 0.273. The van der Waals surface area contributed by atoms with Crippen LogP contribution in [-0.2, 0) is 4.79 Å². The zero-order valence-electron chi connectivity index (χ0n) is 9.34. The number of carbonyl (C=O) groups is 2. The Labute approximate surface area is 98.3 Å². The van der Waals surface area contributed by atoms with E-state index >= 15 is 0 Å². The monoisotopic (exact) mass is 235 g/mol. The number of hydrogen-bond donors (Lipinski definition) is 2. The van der Waals surface area contributed by atoms with E-state index in [2.05, 4.69) is 5.32 Å². The molecule has 1 atom stereocenters. The number of methoxy groups -OCH3 is 1. The summed E-state index contributed by atoms with van der Waals surface area (Å²) in [6.45, 7) is 0. The highest BCUT2D eigenvalue weighted by molar-refractivity contribution is 6.06. The van der Waals surface area contributed by atoms with Crippen molar-refractivity contribution in [3.05, 3.63) is 24.3 Å².